The molecule has 0 aliphatic heterocycles. The summed E-state index contributed by atoms with van der Waals surface area (Å²) in [7, 11) is 2.01. The molecule has 0 aromatic carbocycles. The molecule has 0 radical (unpaired) electrons. The van der Waals surface area contributed by atoms with Gasteiger partial charge in [0.2, 0.25) is 5.91 Å². The van der Waals surface area contributed by atoms with E-state index >= 15 is 0 Å². The van der Waals surface area contributed by atoms with Crippen LogP contribution in [0.15, 0.2) is 0 Å². The van der Waals surface area contributed by atoms with Crippen LogP contribution in [0.2, 0.25) is 0 Å². The van der Waals surface area contributed by atoms with Gasteiger partial charge in [0.15, 0.2) is 0 Å². The van der Waals surface area contributed by atoms with Gasteiger partial charge in [-0.25, -0.2) is 0 Å². The zero-order valence-corrected chi connectivity index (χ0v) is 14.3. The highest BCUT2D eigenvalue weighted by molar-refractivity contribution is 5.76. The lowest BCUT2D eigenvalue weighted by molar-refractivity contribution is -0.122. The van der Waals surface area contributed by atoms with Crippen LogP contribution in [0.4, 0.5) is 0 Å². The smallest absolute Gasteiger partial charge is 0.220 e. The van der Waals surface area contributed by atoms with E-state index in [1.54, 1.807) is 0 Å². The van der Waals surface area contributed by atoms with Crippen LogP contribution < -0.4 is 10.6 Å². The van der Waals surface area contributed by atoms with Gasteiger partial charge in [-0.3, -0.25) is 4.79 Å². The maximum atomic E-state index is 11.8. The van der Waals surface area contributed by atoms with Crippen molar-refractivity contribution >= 4 is 5.91 Å². The van der Waals surface area contributed by atoms with E-state index in [0.717, 1.165) is 13.0 Å². The number of rotatable bonds is 11. The van der Waals surface area contributed by atoms with Crippen LogP contribution in [-0.2, 0) is 4.79 Å². The molecule has 1 unspecified atom stereocenters. The molecule has 0 aliphatic carbocycles. The van der Waals surface area contributed by atoms with E-state index in [1.807, 2.05) is 7.05 Å². The summed E-state index contributed by atoms with van der Waals surface area (Å²) in [4.78, 5) is 11.8. The Labute approximate surface area is 126 Å². The Morgan fingerprint density at radius 2 is 1.45 bits per heavy atom. The first-order chi connectivity index (χ1) is 9.38. The van der Waals surface area contributed by atoms with Crippen molar-refractivity contribution in [2.75, 3.05) is 13.6 Å². The van der Waals surface area contributed by atoms with Gasteiger partial charge in [-0.15, -0.1) is 0 Å². The van der Waals surface area contributed by atoms with E-state index in [4.69, 9.17) is 0 Å². The van der Waals surface area contributed by atoms with Crippen molar-refractivity contribution in [1.29, 1.82) is 0 Å². The third kappa shape index (κ3) is 11.3. The lowest BCUT2D eigenvalue weighted by Crippen LogP contribution is -2.41. The van der Waals surface area contributed by atoms with Gasteiger partial charge in [0.25, 0.3) is 0 Å². The number of hydrogen-bond acceptors (Lipinski definition) is 2. The number of carbonyl (C=O) groups excluding carboxylic acids is 1. The molecule has 120 valence electrons. The van der Waals surface area contributed by atoms with Gasteiger partial charge in [0.1, 0.15) is 0 Å². The summed E-state index contributed by atoms with van der Waals surface area (Å²) >= 11 is 0. The Hall–Kier alpha value is -0.570. The minimum atomic E-state index is 0.142. The highest BCUT2D eigenvalue weighted by atomic mass is 16.1. The molecule has 0 rings (SSSR count). The van der Waals surface area contributed by atoms with Crippen LogP contribution in [-0.4, -0.2) is 25.5 Å². The maximum Gasteiger partial charge on any atom is 0.220 e. The standard InChI is InChI=1S/C17H36N2O/c1-15(17(2,3)4)19-16(20)13-11-9-7-6-8-10-12-14-18-5/h15,18H,6-14H2,1-5H3,(H,19,20). The first-order valence-electron chi connectivity index (χ1n) is 8.32. The summed E-state index contributed by atoms with van der Waals surface area (Å²) in [6, 6.07) is 0.238. The normalized spacial score (nSPS) is 13.2. The quantitative estimate of drug-likeness (QED) is 0.565. The minimum Gasteiger partial charge on any atom is -0.353 e. The number of carbonyl (C=O) groups is 1. The molecule has 20 heavy (non-hydrogen) atoms. The molecule has 1 atom stereocenters. The number of unbranched alkanes of at least 4 members (excludes halogenated alkanes) is 6. The van der Waals surface area contributed by atoms with Crippen LogP contribution in [0.1, 0.15) is 79.1 Å². The van der Waals surface area contributed by atoms with Crippen LogP contribution in [0.25, 0.3) is 0 Å². The highest BCUT2D eigenvalue weighted by Gasteiger charge is 2.21. The zero-order chi connectivity index (χ0) is 15.4. The molecule has 3 nitrogen and oxygen atoms in total. The molecule has 0 fully saturated rings. The van der Waals surface area contributed by atoms with E-state index in [2.05, 4.69) is 38.3 Å². The molecule has 0 bridgehead atoms. The molecule has 0 aromatic heterocycles. The van der Waals surface area contributed by atoms with Gasteiger partial charge in [0, 0.05) is 12.5 Å². The number of hydrogen-bond donors (Lipinski definition) is 2. The van der Waals surface area contributed by atoms with Gasteiger partial charge >= 0.3 is 0 Å². The van der Waals surface area contributed by atoms with Gasteiger partial charge in [-0.2, -0.15) is 0 Å². The Morgan fingerprint density at radius 3 is 1.95 bits per heavy atom. The zero-order valence-electron chi connectivity index (χ0n) is 14.3. The molecule has 0 heterocycles. The summed E-state index contributed by atoms with van der Waals surface area (Å²) < 4.78 is 0. The fourth-order valence-corrected chi connectivity index (χ4v) is 2.00. The molecule has 0 spiro atoms. The van der Waals surface area contributed by atoms with Crippen LogP contribution in [0.5, 0.6) is 0 Å². The average molecular weight is 284 g/mol. The van der Waals surface area contributed by atoms with Crippen molar-refractivity contribution in [1.82, 2.24) is 10.6 Å². The largest absolute Gasteiger partial charge is 0.353 e. The average Bonchev–Trinajstić information content (AvgIpc) is 2.35. The summed E-state index contributed by atoms with van der Waals surface area (Å²) in [5.74, 6) is 0.210. The van der Waals surface area contributed by atoms with Crippen LogP contribution >= 0.6 is 0 Å². The molecule has 0 aliphatic rings. The van der Waals surface area contributed by atoms with Crippen molar-refractivity contribution in [2.24, 2.45) is 5.41 Å². The third-order valence-corrected chi connectivity index (χ3v) is 4.01. The second-order valence-corrected chi connectivity index (χ2v) is 6.98. The predicted molar refractivity (Wildman–Crippen MR) is 87.9 cm³/mol. The SMILES string of the molecule is CNCCCCCCCCCC(=O)NC(C)C(C)(C)C. The predicted octanol–water partition coefficient (Wildman–Crippen LogP) is 3.88. The van der Waals surface area contributed by atoms with Crippen molar-refractivity contribution in [2.45, 2.75) is 85.1 Å². The van der Waals surface area contributed by atoms with E-state index in [9.17, 15) is 4.79 Å². The molecular weight excluding hydrogens is 248 g/mol. The maximum absolute atomic E-state index is 11.8. The topological polar surface area (TPSA) is 41.1 Å². The second-order valence-electron chi connectivity index (χ2n) is 6.98. The Kier molecular flexibility index (Phi) is 10.8. The molecule has 2 N–H and O–H groups in total. The van der Waals surface area contributed by atoms with E-state index in [0.29, 0.717) is 6.42 Å². The first kappa shape index (κ1) is 19.4. The Morgan fingerprint density at radius 1 is 0.950 bits per heavy atom. The third-order valence-electron chi connectivity index (χ3n) is 4.01. The molecule has 0 saturated carbocycles. The van der Waals surface area contributed by atoms with Crippen molar-refractivity contribution in [3.63, 3.8) is 0 Å². The number of amides is 1. The highest BCUT2D eigenvalue weighted by Crippen LogP contribution is 2.18. The first-order valence-corrected chi connectivity index (χ1v) is 8.32. The lowest BCUT2D eigenvalue weighted by atomic mass is 9.88. The van der Waals surface area contributed by atoms with Gasteiger partial charge in [-0.1, -0.05) is 52.9 Å². The van der Waals surface area contributed by atoms with Crippen molar-refractivity contribution < 1.29 is 4.79 Å². The summed E-state index contributed by atoms with van der Waals surface area (Å²) in [6.45, 7) is 9.69. The van der Waals surface area contributed by atoms with Gasteiger partial charge in [0.05, 0.1) is 0 Å². The molecule has 0 saturated heterocycles. The summed E-state index contributed by atoms with van der Waals surface area (Å²) in [5, 5.41) is 6.27. The van der Waals surface area contributed by atoms with Crippen molar-refractivity contribution in [3.8, 4) is 0 Å². The summed E-state index contributed by atoms with van der Waals surface area (Å²) in [6.07, 6.45) is 9.40. The van der Waals surface area contributed by atoms with Crippen molar-refractivity contribution in [3.05, 3.63) is 0 Å². The van der Waals surface area contributed by atoms with Gasteiger partial charge < -0.3 is 10.6 Å². The molecule has 0 aromatic rings. The lowest BCUT2D eigenvalue weighted by Gasteiger charge is -2.28. The minimum absolute atomic E-state index is 0.142. The monoisotopic (exact) mass is 284 g/mol. The molecule has 1 amide bonds. The van der Waals surface area contributed by atoms with E-state index in [-0.39, 0.29) is 17.4 Å². The van der Waals surface area contributed by atoms with Crippen LogP contribution in [0.3, 0.4) is 0 Å². The van der Waals surface area contributed by atoms with Crippen LogP contribution in [0, 0.1) is 5.41 Å². The molecular formula is C17H36N2O. The fourth-order valence-electron chi connectivity index (χ4n) is 2.00. The molecule has 3 heteroatoms. The Bertz CT molecular complexity index is 246. The second kappa shape index (κ2) is 11.1. The van der Waals surface area contributed by atoms with Gasteiger partial charge in [-0.05, 0) is 38.8 Å². The summed E-state index contributed by atoms with van der Waals surface area (Å²) in [5.41, 5.74) is 0.142. The van der Waals surface area contributed by atoms with E-state index in [1.165, 1.54) is 38.5 Å². The fraction of sp³-hybridized carbons (Fsp3) is 0.941. The van der Waals surface area contributed by atoms with E-state index < -0.39 is 0 Å². The number of nitrogens with one attached hydrogen (secondary N) is 2. The Balaban J connectivity index is 3.40.